The third-order valence-corrected chi connectivity index (χ3v) is 5.82. The molecule has 2 N–H and O–H groups in total. The van der Waals surface area contributed by atoms with Gasteiger partial charge < -0.3 is 23.9 Å². The molecule has 0 bridgehead atoms. The zero-order valence-electron chi connectivity index (χ0n) is 18.5. The molecule has 33 heavy (non-hydrogen) atoms. The monoisotopic (exact) mass is 464 g/mol. The lowest BCUT2D eigenvalue weighted by atomic mass is 9.99. The summed E-state index contributed by atoms with van der Waals surface area (Å²) < 4.78 is 58.7. The molecule has 0 spiro atoms. The van der Waals surface area contributed by atoms with Crippen molar-refractivity contribution in [1.29, 1.82) is 0 Å². The number of halogens is 3. The van der Waals surface area contributed by atoms with Gasteiger partial charge in [0.25, 0.3) is 0 Å². The van der Waals surface area contributed by atoms with Crippen molar-refractivity contribution in [3.05, 3.63) is 57.9 Å². The van der Waals surface area contributed by atoms with Gasteiger partial charge in [0.2, 0.25) is 11.2 Å². The number of rotatable bonds is 4. The van der Waals surface area contributed by atoms with Gasteiger partial charge in [-0.3, -0.25) is 4.79 Å². The van der Waals surface area contributed by atoms with Gasteiger partial charge in [0.05, 0.1) is 23.6 Å². The van der Waals surface area contributed by atoms with E-state index in [0.717, 1.165) is 4.90 Å². The van der Waals surface area contributed by atoms with Crippen LogP contribution in [0.5, 0.6) is 11.5 Å². The molecule has 1 saturated heterocycles. The second-order valence-corrected chi connectivity index (χ2v) is 8.37. The molecule has 6 nitrogen and oxygen atoms in total. The molecular formula is C24H25F3NO5+. The lowest BCUT2D eigenvalue weighted by Crippen LogP contribution is -3.14. The summed E-state index contributed by atoms with van der Waals surface area (Å²) in [5.74, 6) is -1.52. The molecular weight excluding hydrogens is 439 g/mol. The van der Waals surface area contributed by atoms with Gasteiger partial charge in [-0.25, -0.2) is 0 Å². The third-order valence-electron chi connectivity index (χ3n) is 5.82. The Bertz CT molecular complexity index is 1230. The number of fused-ring (bicyclic) bond motifs is 1. The average molecular weight is 464 g/mol. The molecule has 1 aromatic heterocycles. The molecule has 1 fully saturated rings. The number of alkyl halides is 3. The number of nitrogens with one attached hydrogen (secondary N) is 1. The van der Waals surface area contributed by atoms with E-state index in [1.165, 1.54) is 37.4 Å². The Balaban J connectivity index is 1.96. The van der Waals surface area contributed by atoms with Crippen LogP contribution in [-0.4, -0.2) is 37.5 Å². The Morgan fingerprint density at radius 2 is 1.79 bits per heavy atom. The Labute approximate surface area is 188 Å². The molecule has 0 saturated carbocycles. The fraction of sp³-hybridized carbons (Fsp3) is 0.375. The number of phenolic OH excluding ortho intramolecular Hbond substituents is 1. The van der Waals surface area contributed by atoms with Gasteiger partial charge in [-0.1, -0.05) is 18.2 Å². The van der Waals surface area contributed by atoms with Crippen molar-refractivity contribution in [3.63, 3.8) is 0 Å². The van der Waals surface area contributed by atoms with Gasteiger partial charge in [0.15, 0.2) is 5.58 Å². The number of hydrogen-bond donors (Lipinski definition) is 2. The minimum absolute atomic E-state index is 0.0148. The van der Waals surface area contributed by atoms with Gasteiger partial charge in [-0.2, -0.15) is 13.2 Å². The van der Waals surface area contributed by atoms with Crippen LogP contribution in [-0.2, 0) is 17.5 Å². The number of phenols is 1. The minimum atomic E-state index is -4.94. The maximum Gasteiger partial charge on any atom is 0.450 e. The summed E-state index contributed by atoms with van der Waals surface area (Å²) >= 11 is 0. The first-order chi connectivity index (χ1) is 15.6. The SMILES string of the molecule is COc1ccccc1-c1c(C(F)(F)F)oc2c(C[NH+]3CC(C)OC(C)C3)c(O)ccc2c1=O. The molecule has 1 aliphatic rings. The van der Waals surface area contributed by atoms with E-state index in [-0.39, 0.29) is 52.3 Å². The molecule has 2 heterocycles. The quantitative estimate of drug-likeness (QED) is 0.620. The maximum absolute atomic E-state index is 14.1. The number of methoxy groups -OCH3 is 1. The molecule has 2 atom stereocenters. The number of quaternary nitrogens is 1. The number of hydrogen-bond acceptors (Lipinski definition) is 5. The minimum Gasteiger partial charge on any atom is -0.507 e. The Morgan fingerprint density at radius 3 is 2.42 bits per heavy atom. The topological polar surface area (TPSA) is 73.3 Å². The molecule has 0 aliphatic carbocycles. The first-order valence-electron chi connectivity index (χ1n) is 10.6. The summed E-state index contributed by atoms with van der Waals surface area (Å²) in [4.78, 5) is 14.4. The summed E-state index contributed by atoms with van der Waals surface area (Å²) in [5, 5.41) is 10.5. The van der Waals surface area contributed by atoms with Crippen molar-refractivity contribution in [2.75, 3.05) is 20.2 Å². The van der Waals surface area contributed by atoms with Crippen LogP contribution in [0.1, 0.15) is 25.2 Å². The van der Waals surface area contributed by atoms with Crippen LogP contribution in [0.3, 0.4) is 0 Å². The Morgan fingerprint density at radius 1 is 1.12 bits per heavy atom. The van der Waals surface area contributed by atoms with Crippen molar-refractivity contribution in [2.45, 2.75) is 38.8 Å². The fourth-order valence-electron chi connectivity index (χ4n) is 4.55. The number of aromatic hydroxyl groups is 1. The first-order valence-corrected chi connectivity index (χ1v) is 10.6. The standard InChI is InChI=1S/C24H24F3NO5/c1-13-10-28(11-14(2)32-13)12-17-18(29)9-8-16-21(30)20(15-6-4-5-7-19(15)31-3)23(24(25,26)27)33-22(16)17/h4-9,13-14,29H,10-12H2,1-3H3/p+1. The molecule has 2 aromatic carbocycles. The van der Waals surface area contributed by atoms with Gasteiger partial charge in [0, 0.05) is 5.56 Å². The number of benzene rings is 2. The molecule has 0 amide bonds. The molecule has 176 valence electrons. The Kier molecular flexibility index (Phi) is 6.11. The molecule has 2 unspecified atom stereocenters. The highest BCUT2D eigenvalue weighted by Crippen LogP contribution is 2.41. The smallest absolute Gasteiger partial charge is 0.450 e. The molecule has 1 aliphatic heterocycles. The normalized spacial score (nSPS) is 21.3. The van der Waals surface area contributed by atoms with Crippen molar-refractivity contribution >= 4 is 11.0 Å². The fourth-order valence-corrected chi connectivity index (χ4v) is 4.55. The zero-order chi connectivity index (χ0) is 23.9. The van der Waals surface area contributed by atoms with E-state index < -0.39 is 22.9 Å². The van der Waals surface area contributed by atoms with Crippen LogP contribution >= 0.6 is 0 Å². The van der Waals surface area contributed by atoms with Crippen molar-refractivity contribution in [2.24, 2.45) is 0 Å². The van der Waals surface area contributed by atoms with Gasteiger partial charge in [-0.05, 0) is 32.0 Å². The number of ether oxygens (including phenoxy) is 2. The summed E-state index contributed by atoms with van der Waals surface area (Å²) in [6.45, 7) is 5.24. The van der Waals surface area contributed by atoms with E-state index in [0.29, 0.717) is 13.1 Å². The van der Waals surface area contributed by atoms with Crippen molar-refractivity contribution in [1.82, 2.24) is 0 Å². The van der Waals surface area contributed by atoms with E-state index in [2.05, 4.69) is 0 Å². The van der Waals surface area contributed by atoms with Crippen LogP contribution in [0, 0.1) is 0 Å². The summed E-state index contributed by atoms with van der Waals surface area (Å²) in [7, 11) is 1.32. The van der Waals surface area contributed by atoms with Crippen LogP contribution in [0.2, 0.25) is 0 Å². The predicted octanol–water partition coefficient (Wildman–Crippen LogP) is 3.39. The van der Waals surface area contributed by atoms with Crippen LogP contribution in [0.4, 0.5) is 13.2 Å². The largest absolute Gasteiger partial charge is 0.507 e. The Hall–Kier alpha value is -3.04. The third kappa shape index (κ3) is 4.43. The summed E-state index contributed by atoms with van der Waals surface area (Å²) in [6.07, 6.45) is -5.03. The van der Waals surface area contributed by atoms with Crippen LogP contribution in [0.15, 0.2) is 45.6 Å². The molecule has 3 aromatic rings. The van der Waals surface area contributed by atoms with Crippen molar-refractivity contribution < 1.29 is 37.1 Å². The molecule has 9 heteroatoms. The highest BCUT2D eigenvalue weighted by molar-refractivity contribution is 5.87. The van der Waals surface area contributed by atoms with E-state index >= 15 is 0 Å². The summed E-state index contributed by atoms with van der Waals surface area (Å²) in [6, 6.07) is 8.59. The van der Waals surface area contributed by atoms with E-state index in [1.807, 2.05) is 13.8 Å². The highest BCUT2D eigenvalue weighted by Gasteiger charge is 2.40. The van der Waals surface area contributed by atoms with Gasteiger partial charge in [-0.15, -0.1) is 0 Å². The predicted molar refractivity (Wildman–Crippen MR) is 116 cm³/mol. The van der Waals surface area contributed by atoms with Crippen LogP contribution < -0.4 is 15.1 Å². The van der Waals surface area contributed by atoms with E-state index in [9.17, 15) is 23.1 Å². The lowest BCUT2D eigenvalue weighted by Gasteiger charge is -2.32. The summed E-state index contributed by atoms with van der Waals surface area (Å²) in [5.41, 5.74) is -1.57. The zero-order valence-corrected chi connectivity index (χ0v) is 18.5. The van der Waals surface area contributed by atoms with E-state index in [1.54, 1.807) is 6.07 Å². The van der Waals surface area contributed by atoms with Gasteiger partial charge >= 0.3 is 6.18 Å². The second kappa shape index (κ2) is 8.72. The maximum atomic E-state index is 14.1. The highest BCUT2D eigenvalue weighted by atomic mass is 19.4. The van der Waals surface area contributed by atoms with Crippen LogP contribution in [0.25, 0.3) is 22.1 Å². The second-order valence-electron chi connectivity index (χ2n) is 8.37. The van der Waals surface area contributed by atoms with Gasteiger partial charge in [0.1, 0.15) is 43.3 Å². The number of para-hydroxylation sites is 1. The number of morpholine rings is 1. The van der Waals surface area contributed by atoms with Crippen molar-refractivity contribution in [3.8, 4) is 22.6 Å². The van der Waals surface area contributed by atoms with E-state index in [4.69, 9.17) is 13.9 Å². The first kappa shape index (κ1) is 23.1. The molecule has 0 radical (unpaired) electrons. The molecule has 4 rings (SSSR count). The average Bonchev–Trinajstić information content (AvgIpc) is 2.74. The lowest BCUT2D eigenvalue weighted by molar-refractivity contribution is -0.928.